The average Bonchev–Trinajstić information content (AvgIpc) is 2.87. The summed E-state index contributed by atoms with van der Waals surface area (Å²) in [6.45, 7) is 10.2. The third kappa shape index (κ3) is 5.33. The van der Waals surface area contributed by atoms with Crippen LogP contribution in [-0.2, 0) is 43.5 Å². The van der Waals surface area contributed by atoms with E-state index in [4.69, 9.17) is 18.9 Å². The van der Waals surface area contributed by atoms with Crippen LogP contribution in [-0.4, -0.2) is 54.4 Å². The molecule has 0 bridgehead atoms. The van der Waals surface area contributed by atoms with Gasteiger partial charge >= 0.3 is 11.9 Å². The van der Waals surface area contributed by atoms with Gasteiger partial charge in [0.25, 0.3) is 0 Å². The molecule has 0 unspecified atom stereocenters. The van der Waals surface area contributed by atoms with Crippen molar-refractivity contribution in [2.45, 2.75) is 70.7 Å². The fourth-order valence-corrected chi connectivity index (χ4v) is 5.75. The maximum absolute atomic E-state index is 11.9. The summed E-state index contributed by atoms with van der Waals surface area (Å²) in [6, 6.07) is 3.55. The Balaban J connectivity index is 0.000000208. The van der Waals surface area contributed by atoms with Gasteiger partial charge in [-0.2, -0.15) is 0 Å². The lowest BCUT2D eigenvalue weighted by Gasteiger charge is -2.33. The number of esters is 2. The van der Waals surface area contributed by atoms with E-state index in [1.54, 1.807) is 19.9 Å². The largest absolute Gasteiger partial charge is 0.481 e. The number of fused-ring (bicyclic) bond motifs is 2. The zero-order chi connectivity index (χ0) is 27.8. The van der Waals surface area contributed by atoms with Gasteiger partial charge in [0.05, 0.1) is 25.3 Å². The van der Waals surface area contributed by atoms with Gasteiger partial charge in [-0.15, -0.1) is 0 Å². The number of halogens is 1. The summed E-state index contributed by atoms with van der Waals surface area (Å²) in [5, 5.41) is 22.0. The number of carbonyl (C=O) groups is 2. The quantitative estimate of drug-likeness (QED) is 0.216. The van der Waals surface area contributed by atoms with Crippen LogP contribution in [0.1, 0.15) is 48.9 Å². The van der Waals surface area contributed by atoms with Crippen LogP contribution >= 0.6 is 22.6 Å². The first-order valence-corrected chi connectivity index (χ1v) is 16.5. The van der Waals surface area contributed by atoms with Gasteiger partial charge in [0.15, 0.2) is 11.2 Å². The molecule has 0 amide bonds. The molecule has 2 aliphatic rings. The number of nitrogens with zero attached hydrogens (tertiary/aromatic N) is 2. The Morgan fingerprint density at radius 1 is 0.892 bits per heavy atom. The molecule has 0 aliphatic carbocycles. The summed E-state index contributed by atoms with van der Waals surface area (Å²) in [6.07, 6.45) is 0.513. The number of cyclic esters (lactones) is 2. The second kappa shape index (κ2) is 10.8. The van der Waals surface area contributed by atoms with Crippen LogP contribution in [0, 0.1) is 3.70 Å². The molecule has 10 nitrogen and oxygen atoms in total. The maximum atomic E-state index is 11.9. The second-order valence-corrected chi connectivity index (χ2v) is 16.0. The molecule has 2 aromatic rings. The summed E-state index contributed by atoms with van der Waals surface area (Å²) in [5.41, 5.74) is -0.773. The number of rotatable bonds is 5. The Morgan fingerprint density at radius 2 is 1.32 bits per heavy atom. The van der Waals surface area contributed by atoms with Gasteiger partial charge in [-0.1, -0.05) is 33.5 Å². The van der Waals surface area contributed by atoms with Crippen LogP contribution < -0.4 is 14.8 Å². The van der Waals surface area contributed by atoms with Gasteiger partial charge in [-0.3, -0.25) is 0 Å². The van der Waals surface area contributed by atoms with Gasteiger partial charge < -0.3 is 29.2 Å². The highest BCUT2D eigenvalue weighted by molar-refractivity contribution is 14.1. The third-order valence-electron chi connectivity index (χ3n) is 6.58. The van der Waals surface area contributed by atoms with Crippen LogP contribution in [0.25, 0.3) is 0 Å². The van der Waals surface area contributed by atoms with E-state index in [1.165, 1.54) is 14.2 Å². The highest BCUT2D eigenvalue weighted by Crippen LogP contribution is 2.39. The number of aliphatic hydroxyl groups is 2. The Labute approximate surface area is 230 Å². The summed E-state index contributed by atoms with van der Waals surface area (Å²) in [5.74, 6) is -0.371. The number of ether oxygens (including phenoxy) is 4. The molecule has 202 valence electrons. The second-order valence-electron chi connectivity index (χ2n) is 9.85. The zero-order valence-electron chi connectivity index (χ0n) is 22.1. The Morgan fingerprint density at radius 3 is 1.73 bits per heavy atom. The van der Waals surface area contributed by atoms with E-state index in [9.17, 15) is 19.8 Å². The summed E-state index contributed by atoms with van der Waals surface area (Å²) in [7, 11) is 1.35. The standard InChI is InChI=1S/C14H21NO4Si.C11H12INO4/c1-6-14(17)10-7-11(20(3,4)5)15-12(18-2)9(10)8-19-13(14)16;1-3-11(15)7-4-8(12)13-9(16-2)6(7)5-17-10(11)14/h7,17H,6,8H2,1-5H3;4,15H,3,5H2,1-2H3/t14-;11-/m00/s1. The topological polar surface area (TPSA) is 137 Å². The smallest absolute Gasteiger partial charge is 0.343 e. The van der Waals surface area contributed by atoms with E-state index < -0.39 is 31.2 Å². The van der Waals surface area contributed by atoms with Crippen molar-refractivity contribution in [1.82, 2.24) is 9.97 Å². The fraction of sp³-hybridized carbons (Fsp3) is 0.520. The van der Waals surface area contributed by atoms with E-state index in [2.05, 4.69) is 29.6 Å². The number of methoxy groups -OCH3 is 2. The molecule has 2 aromatic heterocycles. The fourth-order valence-electron chi connectivity index (χ4n) is 4.21. The minimum atomic E-state index is -1.69. The molecule has 0 saturated heterocycles. The average molecular weight is 645 g/mol. The van der Waals surface area contributed by atoms with E-state index in [-0.39, 0.29) is 26.1 Å². The molecule has 2 N–H and O–H groups in total. The van der Waals surface area contributed by atoms with Gasteiger partial charge in [0.1, 0.15) is 25.0 Å². The van der Waals surface area contributed by atoms with Crippen molar-refractivity contribution in [1.29, 1.82) is 0 Å². The Kier molecular flexibility index (Phi) is 8.56. The lowest BCUT2D eigenvalue weighted by Crippen LogP contribution is -2.46. The number of hydrogen-bond donors (Lipinski definition) is 2. The van der Waals surface area contributed by atoms with Crippen molar-refractivity contribution < 1.29 is 38.7 Å². The van der Waals surface area contributed by atoms with Crippen molar-refractivity contribution >= 4 is 47.9 Å². The van der Waals surface area contributed by atoms with Crippen LogP contribution in [0.5, 0.6) is 11.8 Å². The SMILES string of the molecule is CC[C@@]1(O)C(=O)OCc2c1cc(I)nc2OC.CC[C@@]1(O)C(=O)OCc2c1cc([Si](C)(C)C)nc2OC. The van der Waals surface area contributed by atoms with Gasteiger partial charge in [-0.25, -0.2) is 19.6 Å². The van der Waals surface area contributed by atoms with Crippen molar-refractivity contribution in [2.75, 3.05) is 14.2 Å². The maximum Gasteiger partial charge on any atom is 0.343 e. The van der Waals surface area contributed by atoms with Crippen molar-refractivity contribution in [2.24, 2.45) is 0 Å². The van der Waals surface area contributed by atoms with Crippen LogP contribution in [0.4, 0.5) is 0 Å². The molecule has 0 aromatic carbocycles. The minimum absolute atomic E-state index is 0.0869. The number of pyridine rings is 2. The van der Waals surface area contributed by atoms with Crippen LogP contribution in [0.15, 0.2) is 12.1 Å². The molecule has 37 heavy (non-hydrogen) atoms. The normalized spacial score (nSPS) is 22.5. The molecule has 0 spiro atoms. The van der Waals surface area contributed by atoms with Crippen molar-refractivity contribution in [3.8, 4) is 11.8 Å². The van der Waals surface area contributed by atoms with E-state index in [1.807, 2.05) is 28.7 Å². The molecule has 4 rings (SSSR count). The lowest BCUT2D eigenvalue weighted by molar-refractivity contribution is -0.172. The molecule has 2 atom stereocenters. The highest BCUT2D eigenvalue weighted by Gasteiger charge is 2.46. The molecule has 4 heterocycles. The lowest BCUT2D eigenvalue weighted by atomic mass is 9.87. The molecule has 12 heteroatoms. The minimum Gasteiger partial charge on any atom is -0.481 e. The molecule has 0 fully saturated rings. The third-order valence-corrected chi connectivity index (χ3v) is 8.93. The van der Waals surface area contributed by atoms with E-state index in [0.29, 0.717) is 37.7 Å². The van der Waals surface area contributed by atoms with E-state index in [0.717, 1.165) is 5.32 Å². The van der Waals surface area contributed by atoms with Crippen LogP contribution in [0.2, 0.25) is 19.6 Å². The molecule has 0 saturated carbocycles. The number of aromatic nitrogens is 2. The predicted octanol–water partition coefficient (Wildman–Crippen LogP) is 2.64. The van der Waals surface area contributed by atoms with Gasteiger partial charge in [0, 0.05) is 16.4 Å². The monoisotopic (exact) mass is 644 g/mol. The Hall–Kier alpha value is -2.29. The highest BCUT2D eigenvalue weighted by atomic mass is 127. The summed E-state index contributed by atoms with van der Waals surface area (Å²) in [4.78, 5) is 32.4. The van der Waals surface area contributed by atoms with E-state index >= 15 is 0 Å². The molecule has 2 aliphatic heterocycles. The number of carbonyl (C=O) groups excluding carboxylic acids is 2. The van der Waals surface area contributed by atoms with Gasteiger partial charge in [0.2, 0.25) is 11.8 Å². The predicted molar refractivity (Wildman–Crippen MR) is 145 cm³/mol. The first-order chi connectivity index (χ1) is 17.3. The molecular weight excluding hydrogens is 611 g/mol. The van der Waals surface area contributed by atoms with Crippen LogP contribution in [0.3, 0.4) is 0 Å². The molecule has 0 radical (unpaired) electrons. The Bertz CT molecular complexity index is 1220. The molecular formula is C25H33IN2O8Si. The first-order valence-electron chi connectivity index (χ1n) is 11.9. The zero-order valence-corrected chi connectivity index (χ0v) is 25.3. The number of hydrogen-bond acceptors (Lipinski definition) is 10. The van der Waals surface area contributed by atoms with Gasteiger partial charge in [-0.05, 0) is 47.6 Å². The summed E-state index contributed by atoms with van der Waals surface area (Å²) < 4.78 is 21.2. The summed E-state index contributed by atoms with van der Waals surface area (Å²) >= 11 is 2.02. The van der Waals surface area contributed by atoms with Crippen molar-refractivity contribution in [3.63, 3.8) is 0 Å². The van der Waals surface area contributed by atoms with Crippen molar-refractivity contribution in [3.05, 3.63) is 38.1 Å². The first kappa shape index (κ1) is 29.3.